The molecule has 25 heavy (non-hydrogen) atoms. The lowest BCUT2D eigenvalue weighted by molar-refractivity contribution is 0.414. The molecule has 0 saturated heterocycles. The molecule has 0 fully saturated rings. The highest BCUT2D eigenvalue weighted by atomic mass is 16.5. The summed E-state index contributed by atoms with van der Waals surface area (Å²) in [6.45, 7) is 6.14. The number of pyridine rings is 1. The van der Waals surface area contributed by atoms with Crippen LogP contribution in [0.1, 0.15) is 31.3 Å². The molecule has 3 rings (SSSR count). The van der Waals surface area contributed by atoms with Gasteiger partial charge in [0.05, 0.1) is 13.2 Å². The van der Waals surface area contributed by atoms with Crippen LogP contribution >= 0.6 is 0 Å². The second kappa shape index (κ2) is 7.34. The van der Waals surface area contributed by atoms with Gasteiger partial charge in [0.1, 0.15) is 11.6 Å². The fraction of sp³-hybridized carbons (Fsp3) is 0.316. The maximum atomic E-state index is 5.24. The summed E-state index contributed by atoms with van der Waals surface area (Å²) >= 11 is 0. The van der Waals surface area contributed by atoms with Gasteiger partial charge in [0.25, 0.3) is 5.89 Å². The number of aryl methyl sites for hydroxylation is 1. The molecular weight excluding hydrogens is 316 g/mol. The van der Waals surface area contributed by atoms with Gasteiger partial charge in [-0.25, -0.2) is 4.98 Å². The second-order valence-electron chi connectivity index (χ2n) is 6.22. The molecule has 1 N–H and O–H groups in total. The molecular formula is C19H22N4O2. The second-order valence-corrected chi connectivity index (χ2v) is 6.22. The van der Waals surface area contributed by atoms with Gasteiger partial charge in [-0.05, 0) is 42.7 Å². The third kappa shape index (κ3) is 3.96. The van der Waals surface area contributed by atoms with Gasteiger partial charge in [-0.15, -0.1) is 0 Å². The number of benzene rings is 1. The molecule has 3 aromatic rings. The smallest absolute Gasteiger partial charge is 0.258 e. The van der Waals surface area contributed by atoms with Gasteiger partial charge in [-0.1, -0.05) is 31.1 Å². The Balaban J connectivity index is 1.84. The Labute approximate surface area is 147 Å². The first kappa shape index (κ1) is 17.0. The largest absolute Gasteiger partial charge is 0.497 e. The lowest BCUT2D eigenvalue weighted by Crippen LogP contribution is -2.17. The van der Waals surface area contributed by atoms with Crippen molar-refractivity contribution in [3.63, 3.8) is 0 Å². The van der Waals surface area contributed by atoms with E-state index in [-0.39, 0.29) is 6.04 Å². The van der Waals surface area contributed by atoms with E-state index in [1.807, 2.05) is 24.3 Å². The molecule has 0 amide bonds. The number of nitrogens with one attached hydrogen (secondary N) is 1. The van der Waals surface area contributed by atoms with Gasteiger partial charge >= 0.3 is 0 Å². The molecule has 1 unspecified atom stereocenters. The highest BCUT2D eigenvalue weighted by Crippen LogP contribution is 2.28. The Hall–Kier alpha value is -2.89. The van der Waals surface area contributed by atoms with E-state index in [2.05, 4.69) is 46.4 Å². The molecule has 0 saturated carbocycles. The van der Waals surface area contributed by atoms with Gasteiger partial charge in [0, 0.05) is 11.8 Å². The highest BCUT2D eigenvalue weighted by molar-refractivity contribution is 5.58. The summed E-state index contributed by atoms with van der Waals surface area (Å²) in [4.78, 5) is 8.69. The van der Waals surface area contributed by atoms with Crippen molar-refractivity contribution in [3.05, 3.63) is 54.0 Å². The minimum Gasteiger partial charge on any atom is -0.497 e. The number of methoxy groups -OCH3 is 1. The topological polar surface area (TPSA) is 73.1 Å². The Morgan fingerprint density at radius 2 is 1.88 bits per heavy atom. The maximum Gasteiger partial charge on any atom is 0.258 e. The molecule has 2 aromatic heterocycles. The van der Waals surface area contributed by atoms with Crippen LogP contribution in [-0.2, 0) is 0 Å². The van der Waals surface area contributed by atoms with Crippen LogP contribution in [0.5, 0.6) is 5.75 Å². The first-order valence-electron chi connectivity index (χ1n) is 8.24. The van der Waals surface area contributed by atoms with Crippen LogP contribution in [0, 0.1) is 12.8 Å². The van der Waals surface area contributed by atoms with Gasteiger partial charge in [0.15, 0.2) is 5.82 Å². The van der Waals surface area contributed by atoms with Crippen molar-refractivity contribution in [1.82, 2.24) is 15.1 Å². The molecule has 0 bridgehead atoms. The molecule has 0 spiro atoms. The molecule has 0 aliphatic carbocycles. The molecule has 6 nitrogen and oxygen atoms in total. The zero-order valence-electron chi connectivity index (χ0n) is 14.9. The summed E-state index contributed by atoms with van der Waals surface area (Å²) in [5, 5.41) is 7.34. The van der Waals surface area contributed by atoms with E-state index < -0.39 is 0 Å². The van der Waals surface area contributed by atoms with Crippen LogP contribution in [-0.4, -0.2) is 22.2 Å². The summed E-state index contributed by atoms with van der Waals surface area (Å²) in [5.41, 5.74) is 2.02. The van der Waals surface area contributed by atoms with Crippen LogP contribution in [0.4, 0.5) is 5.82 Å². The van der Waals surface area contributed by atoms with Crippen LogP contribution < -0.4 is 10.1 Å². The standard InChI is InChI=1S/C19H22N4O2/c1-12(2)18(14-5-7-16(24-4)8-6-14)22-17-11-15(9-10-20-17)19-21-13(3)23-25-19/h5-12,18H,1-4H3,(H,20,22). The molecule has 130 valence electrons. The molecule has 0 radical (unpaired) electrons. The SMILES string of the molecule is COc1ccc(C(Nc2cc(-c3nc(C)no3)ccn2)C(C)C)cc1. The number of hydrogen-bond donors (Lipinski definition) is 1. The van der Waals surface area contributed by atoms with Gasteiger partial charge < -0.3 is 14.6 Å². The summed E-state index contributed by atoms with van der Waals surface area (Å²) in [6, 6.07) is 12.0. The number of hydrogen-bond acceptors (Lipinski definition) is 6. The van der Waals surface area contributed by atoms with E-state index in [4.69, 9.17) is 9.26 Å². The van der Waals surface area contributed by atoms with Gasteiger partial charge in [0.2, 0.25) is 0 Å². The molecule has 0 aliphatic rings. The molecule has 0 aliphatic heterocycles. The fourth-order valence-corrected chi connectivity index (χ4v) is 2.66. The third-order valence-corrected chi connectivity index (χ3v) is 3.98. The van der Waals surface area contributed by atoms with Crippen LogP contribution in [0.3, 0.4) is 0 Å². The lowest BCUT2D eigenvalue weighted by Gasteiger charge is -2.24. The zero-order chi connectivity index (χ0) is 17.8. The number of ether oxygens (including phenoxy) is 1. The predicted molar refractivity (Wildman–Crippen MR) is 96.5 cm³/mol. The minimum absolute atomic E-state index is 0.123. The van der Waals surface area contributed by atoms with Gasteiger partial charge in [-0.2, -0.15) is 4.98 Å². The summed E-state index contributed by atoms with van der Waals surface area (Å²) < 4.78 is 10.5. The fourth-order valence-electron chi connectivity index (χ4n) is 2.66. The van der Waals surface area contributed by atoms with Crippen molar-refractivity contribution in [2.45, 2.75) is 26.8 Å². The van der Waals surface area contributed by atoms with Crippen LogP contribution in [0.25, 0.3) is 11.5 Å². The van der Waals surface area contributed by atoms with E-state index in [9.17, 15) is 0 Å². The lowest BCUT2D eigenvalue weighted by atomic mass is 9.96. The maximum absolute atomic E-state index is 5.24. The third-order valence-electron chi connectivity index (χ3n) is 3.98. The van der Waals surface area contributed by atoms with E-state index in [1.54, 1.807) is 20.2 Å². The van der Waals surface area contributed by atoms with Gasteiger partial charge in [-0.3, -0.25) is 0 Å². The quantitative estimate of drug-likeness (QED) is 0.724. The Morgan fingerprint density at radius 3 is 2.48 bits per heavy atom. The molecule has 1 atom stereocenters. The van der Waals surface area contributed by atoms with Crippen LogP contribution in [0.2, 0.25) is 0 Å². The average molecular weight is 338 g/mol. The summed E-state index contributed by atoms with van der Waals surface area (Å²) in [5.74, 6) is 3.10. The van der Waals surface area contributed by atoms with Crippen LogP contribution in [0.15, 0.2) is 47.1 Å². The number of anilines is 1. The predicted octanol–water partition coefficient (Wildman–Crippen LogP) is 4.26. The van der Waals surface area contributed by atoms with Crippen molar-refractivity contribution in [1.29, 1.82) is 0 Å². The minimum atomic E-state index is 0.123. The number of rotatable bonds is 6. The monoisotopic (exact) mass is 338 g/mol. The van der Waals surface area contributed by atoms with E-state index >= 15 is 0 Å². The Bertz CT molecular complexity index is 827. The van der Waals surface area contributed by atoms with Crippen molar-refractivity contribution < 1.29 is 9.26 Å². The molecule has 6 heteroatoms. The van der Waals surface area contributed by atoms with Crippen molar-refractivity contribution in [2.24, 2.45) is 5.92 Å². The summed E-state index contributed by atoms with van der Waals surface area (Å²) in [6.07, 6.45) is 1.74. The first-order chi connectivity index (χ1) is 12.1. The zero-order valence-corrected chi connectivity index (χ0v) is 14.9. The van der Waals surface area contributed by atoms with E-state index in [1.165, 1.54) is 5.56 Å². The normalized spacial score (nSPS) is 12.2. The average Bonchev–Trinajstić information content (AvgIpc) is 3.06. The molecule has 2 heterocycles. The van der Waals surface area contributed by atoms with E-state index in [0.29, 0.717) is 17.6 Å². The first-order valence-corrected chi connectivity index (χ1v) is 8.24. The number of nitrogens with zero attached hydrogens (tertiary/aromatic N) is 3. The highest BCUT2D eigenvalue weighted by Gasteiger charge is 2.17. The Morgan fingerprint density at radius 1 is 1.12 bits per heavy atom. The summed E-state index contributed by atoms with van der Waals surface area (Å²) in [7, 11) is 1.67. The number of aromatic nitrogens is 3. The molecule has 1 aromatic carbocycles. The Kier molecular flexibility index (Phi) is 4.97. The van der Waals surface area contributed by atoms with Crippen molar-refractivity contribution in [2.75, 3.05) is 12.4 Å². The van der Waals surface area contributed by atoms with Crippen molar-refractivity contribution >= 4 is 5.82 Å². The van der Waals surface area contributed by atoms with E-state index in [0.717, 1.165) is 17.1 Å². The van der Waals surface area contributed by atoms with Crippen molar-refractivity contribution in [3.8, 4) is 17.2 Å².